The minimum Gasteiger partial charge on any atom is -0.493 e. The Bertz CT molecular complexity index is 1180. The fourth-order valence-electron chi connectivity index (χ4n) is 4.27. The largest absolute Gasteiger partial charge is 0.493 e. The number of likely N-dealkylation sites (N-methyl/N-ethyl adjacent to an activating group) is 1. The summed E-state index contributed by atoms with van der Waals surface area (Å²) in [7, 11) is 6.24. The molecule has 9 heteroatoms. The number of carbonyl (C=O) groups excluding carboxylic acids is 3. The average molecular weight is 497 g/mol. The molecule has 0 aliphatic carbocycles. The number of hydrogen-bond acceptors (Lipinski definition) is 8. The van der Waals surface area contributed by atoms with Crippen LogP contribution in [0, 0.1) is 0 Å². The number of ketones is 1. The van der Waals surface area contributed by atoms with E-state index >= 15 is 0 Å². The van der Waals surface area contributed by atoms with Crippen molar-refractivity contribution in [3.05, 3.63) is 59.3 Å². The molecule has 0 aromatic heterocycles. The minimum absolute atomic E-state index is 0.205. The second-order valence-corrected chi connectivity index (χ2v) is 8.91. The number of hydrogen-bond donors (Lipinski definition) is 1. The lowest BCUT2D eigenvalue weighted by Gasteiger charge is -2.24. The maximum Gasteiger partial charge on any atom is 0.328 e. The number of para-hydroxylation sites is 1. The molecule has 1 N–H and O–H groups in total. The van der Waals surface area contributed by atoms with Crippen molar-refractivity contribution in [2.75, 3.05) is 39.9 Å². The van der Waals surface area contributed by atoms with Crippen molar-refractivity contribution in [3.8, 4) is 17.2 Å². The van der Waals surface area contributed by atoms with Crippen LogP contribution in [0.25, 0.3) is 0 Å². The number of benzene rings is 2. The highest BCUT2D eigenvalue weighted by Gasteiger charge is 2.38. The number of fused-ring (bicyclic) bond motifs is 1. The molecule has 1 heterocycles. The highest BCUT2D eigenvalue weighted by Crippen LogP contribution is 2.46. The van der Waals surface area contributed by atoms with Crippen LogP contribution >= 0.6 is 0 Å². The summed E-state index contributed by atoms with van der Waals surface area (Å²) in [6.07, 6.45) is 1.51. The summed E-state index contributed by atoms with van der Waals surface area (Å²) in [5, 5.41) is 2.56. The topological polar surface area (TPSA) is 103 Å². The van der Waals surface area contributed by atoms with E-state index < -0.39 is 24.5 Å². The van der Waals surface area contributed by atoms with Gasteiger partial charge in [-0.15, -0.1) is 0 Å². The van der Waals surface area contributed by atoms with Gasteiger partial charge in [-0.2, -0.15) is 0 Å². The van der Waals surface area contributed by atoms with Gasteiger partial charge in [-0.1, -0.05) is 32.0 Å². The molecule has 1 amide bonds. The van der Waals surface area contributed by atoms with Crippen molar-refractivity contribution < 1.29 is 33.3 Å². The Kier molecular flexibility index (Phi) is 7.92. The van der Waals surface area contributed by atoms with E-state index in [9.17, 15) is 14.4 Å². The zero-order chi connectivity index (χ0) is 26.6. The number of carbonyl (C=O) groups is 3. The lowest BCUT2D eigenvalue weighted by atomic mass is 9.83. The first-order valence-corrected chi connectivity index (χ1v) is 11.4. The van der Waals surface area contributed by atoms with Gasteiger partial charge in [0.15, 0.2) is 23.9 Å². The molecule has 0 radical (unpaired) electrons. The smallest absolute Gasteiger partial charge is 0.328 e. The fourth-order valence-corrected chi connectivity index (χ4v) is 4.27. The number of nitrogens with one attached hydrogen (secondary N) is 1. The molecule has 0 saturated carbocycles. The number of allylic oxidation sites excluding steroid dienone is 1. The molecule has 1 aliphatic heterocycles. The average Bonchev–Trinajstić information content (AvgIpc) is 3.06. The van der Waals surface area contributed by atoms with Gasteiger partial charge < -0.3 is 29.2 Å². The van der Waals surface area contributed by atoms with E-state index in [1.165, 1.54) is 46.5 Å². The van der Waals surface area contributed by atoms with Crippen LogP contribution in [0.3, 0.4) is 0 Å². The van der Waals surface area contributed by atoms with Gasteiger partial charge in [0.05, 0.1) is 21.3 Å². The predicted molar refractivity (Wildman–Crippen MR) is 135 cm³/mol. The summed E-state index contributed by atoms with van der Waals surface area (Å²) in [5.74, 6) is -0.676. The number of methoxy groups -OCH3 is 3. The van der Waals surface area contributed by atoms with Gasteiger partial charge in [0.1, 0.15) is 6.04 Å². The molecule has 0 saturated heterocycles. The van der Waals surface area contributed by atoms with E-state index in [-0.39, 0.29) is 16.8 Å². The third-order valence-corrected chi connectivity index (χ3v) is 6.22. The molecular formula is C27H32N2O7. The predicted octanol–water partition coefficient (Wildman–Crippen LogP) is 3.25. The summed E-state index contributed by atoms with van der Waals surface area (Å²) >= 11 is 0. The first kappa shape index (κ1) is 26.6. The Balaban J connectivity index is 1.63. The molecule has 36 heavy (non-hydrogen) atoms. The highest BCUT2D eigenvalue weighted by atomic mass is 16.5. The zero-order valence-corrected chi connectivity index (χ0v) is 21.6. The molecule has 3 rings (SSSR count). The summed E-state index contributed by atoms with van der Waals surface area (Å²) in [6, 6.07) is 9.91. The van der Waals surface area contributed by atoms with Crippen molar-refractivity contribution in [3.63, 3.8) is 0 Å². The van der Waals surface area contributed by atoms with E-state index in [4.69, 9.17) is 18.9 Å². The lowest BCUT2D eigenvalue weighted by Crippen LogP contribution is -2.40. The first-order chi connectivity index (χ1) is 17.0. The molecule has 2 aromatic carbocycles. The third kappa shape index (κ3) is 5.15. The van der Waals surface area contributed by atoms with Gasteiger partial charge in [0, 0.05) is 35.5 Å². The Labute approximate surface area is 211 Å². The van der Waals surface area contributed by atoms with Gasteiger partial charge in [-0.25, -0.2) is 4.79 Å². The molecular weight excluding hydrogens is 464 g/mol. The van der Waals surface area contributed by atoms with Gasteiger partial charge in [-0.05, 0) is 30.7 Å². The van der Waals surface area contributed by atoms with Crippen molar-refractivity contribution >= 4 is 23.3 Å². The van der Waals surface area contributed by atoms with Crippen LogP contribution in [0.1, 0.15) is 36.7 Å². The maximum absolute atomic E-state index is 12.7. The fraction of sp³-hybridized carbons (Fsp3) is 0.370. The quantitative estimate of drug-likeness (QED) is 0.417. The Morgan fingerprint density at radius 2 is 1.64 bits per heavy atom. The SMILES string of the molecule is COc1cc(C(=O)N[C@@H](C)C(=O)OCC(=O)/C=C2/N(C)c3ccccc3C2(C)C)cc(OC)c1OC. The second kappa shape index (κ2) is 10.7. The van der Waals surface area contributed by atoms with Gasteiger partial charge in [0.25, 0.3) is 5.91 Å². The van der Waals surface area contributed by atoms with Crippen LogP contribution in [0.5, 0.6) is 17.2 Å². The highest BCUT2D eigenvalue weighted by molar-refractivity contribution is 5.98. The summed E-state index contributed by atoms with van der Waals surface area (Å²) in [6.45, 7) is 5.13. The first-order valence-electron chi connectivity index (χ1n) is 11.4. The molecule has 1 atom stereocenters. The van der Waals surface area contributed by atoms with Crippen LogP contribution in [0.15, 0.2) is 48.2 Å². The summed E-state index contributed by atoms with van der Waals surface area (Å²) in [5.41, 5.74) is 2.80. The summed E-state index contributed by atoms with van der Waals surface area (Å²) < 4.78 is 21.0. The van der Waals surface area contributed by atoms with Gasteiger partial charge in [-0.3, -0.25) is 9.59 Å². The number of amides is 1. The number of nitrogens with zero attached hydrogens (tertiary/aromatic N) is 1. The van der Waals surface area contributed by atoms with E-state index in [2.05, 4.69) is 5.32 Å². The molecule has 0 unspecified atom stereocenters. The van der Waals surface area contributed by atoms with Crippen LogP contribution in [0.4, 0.5) is 5.69 Å². The zero-order valence-electron chi connectivity index (χ0n) is 21.6. The molecule has 1 aliphatic rings. The number of esters is 1. The Morgan fingerprint density at radius 1 is 1.03 bits per heavy atom. The van der Waals surface area contributed by atoms with E-state index in [1.54, 1.807) is 0 Å². The normalized spacial score (nSPS) is 15.6. The van der Waals surface area contributed by atoms with Crippen molar-refractivity contribution in [2.45, 2.75) is 32.2 Å². The van der Waals surface area contributed by atoms with Crippen molar-refractivity contribution in [2.24, 2.45) is 0 Å². The molecule has 2 aromatic rings. The van der Waals surface area contributed by atoms with Crippen LogP contribution in [0.2, 0.25) is 0 Å². The van der Waals surface area contributed by atoms with Crippen molar-refractivity contribution in [1.82, 2.24) is 5.32 Å². The van der Waals surface area contributed by atoms with E-state index in [1.807, 2.05) is 50.1 Å². The van der Waals surface area contributed by atoms with Gasteiger partial charge >= 0.3 is 5.97 Å². The van der Waals surface area contributed by atoms with Crippen LogP contribution in [-0.2, 0) is 19.7 Å². The van der Waals surface area contributed by atoms with Crippen LogP contribution in [-0.4, -0.2) is 58.7 Å². The molecule has 0 bridgehead atoms. The van der Waals surface area contributed by atoms with Gasteiger partial charge in [0.2, 0.25) is 5.75 Å². The number of ether oxygens (including phenoxy) is 4. The van der Waals surface area contributed by atoms with E-state index in [0.717, 1.165) is 16.9 Å². The van der Waals surface area contributed by atoms with E-state index in [0.29, 0.717) is 17.2 Å². The Hall–Kier alpha value is -4.01. The molecule has 9 nitrogen and oxygen atoms in total. The third-order valence-electron chi connectivity index (χ3n) is 6.22. The number of rotatable bonds is 9. The summed E-state index contributed by atoms with van der Waals surface area (Å²) in [4.78, 5) is 39.8. The second-order valence-electron chi connectivity index (χ2n) is 8.91. The maximum atomic E-state index is 12.7. The van der Waals surface area contributed by atoms with Crippen LogP contribution < -0.4 is 24.4 Å². The number of anilines is 1. The molecule has 0 fully saturated rings. The standard InChI is InChI=1S/C27H32N2O7/c1-16(28-25(31)17-12-21(33-5)24(35-7)22(13-17)34-6)26(32)36-15-18(30)14-23-27(2,3)19-10-8-9-11-20(19)29(23)4/h8-14,16H,15H2,1-7H3,(H,28,31)/b23-14+/t16-/m0/s1. The van der Waals surface area contributed by atoms with Crippen molar-refractivity contribution in [1.29, 1.82) is 0 Å². The monoisotopic (exact) mass is 496 g/mol. The minimum atomic E-state index is -0.994. The molecule has 192 valence electrons. The lowest BCUT2D eigenvalue weighted by molar-refractivity contribution is -0.148. The molecule has 0 spiro atoms. The Morgan fingerprint density at radius 3 is 2.19 bits per heavy atom.